The number of ether oxygens (including phenoxy) is 2. The summed E-state index contributed by atoms with van der Waals surface area (Å²) in [6.45, 7) is 3.12. The van der Waals surface area contributed by atoms with Crippen molar-refractivity contribution in [1.29, 1.82) is 0 Å². The molecule has 140 valence electrons. The maximum atomic E-state index is 12.3. The van der Waals surface area contributed by atoms with Crippen LogP contribution in [0.3, 0.4) is 0 Å². The second kappa shape index (κ2) is 7.88. The summed E-state index contributed by atoms with van der Waals surface area (Å²) in [5.74, 6) is -3.17. The van der Waals surface area contributed by atoms with Crippen molar-refractivity contribution >= 4 is 39.3 Å². The molecule has 2 aliphatic rings. The monoisotopic (exact) mass is 392 g/mol. The zero-order valence-electron chi connectivity index (χ0n) is 13.8. The summed E-state index contributed by atoms with van der Waals surface area (Å²) in [7, 11) is 3.00. The molecule has 0 aromatic rings. The normalized spacial score (nSPS) is 28.1. The topological polar surface area (TPSA) is 130 Å². The van der Waals surface area contributed by atoms with Crippen LogP contribution < -0.4 is 0 Å². The molecule has 2 heterocycles. The van der Waals surface area contributed by atoms with Crippen LogP contribution in [-0.4, -0.2) is 63.4 Å². The standard InChI is InChI=1S/C15H20O8S2/c1-15(2)6-25-24-5-7(3-9(15)17)13(20)22-4-8(16)12-10(18)11(19)14(21)23-12/h7-8,12,16,18-19H,3-6H2,1-2H3. The second-order valence-corrected chi connectivity index (χ2v) is 9.02. The van der Waals surface area contributed by atoms with Gasteiger partial charge in [-0.2, -0.15) is 0 Å². The van der Waals surface area contributed by atoms with Gasteiger partial charge in [-0.15, -0.1) is 0 Å². The predicted molar refractivity (Wildman–Crippen MR) is 90.9 cm³/mol. The van der Waals surface area contributed by atoms with Crippen LogP contribution in [0.5, 0.6) is 0 Å². The lowest BCUT2D eigenvalue weighted by atomic mass is 9.85. The summed E-state index contributed by atoms with van der Waals surface area (Å²) in [6, 6.07) is 0. The number of hydrogen-bond donors (Lipinski definition) is 3. The number of esters is 2. The van der Waals surface area contributed by atoms with Crippen molar-refractivity contribution in [2.45, 2.75) is 32.5 Å². The molecule has 0 bridgehead atoms. The maximum Gasteiger partial charge on any atom is 0.377 e. The molecule has 8 nitrogen and oxygen atoms in total. The highest BCUT2D eigenvalue weighted by atomic mass is 33.1. The number of cyclic esters (lactones) is 1. The SMILES string of the molecule is CC1(C)CSSCC(C(=O)OCC(O)C2OC(=O)C(O)=C2O)CC1=O. The Bertz CT molecular complexity index is 600. The number of ketones is 1. The molecular weight excluding hydrogens is 372 g/mol. The highest BCUT2D eigenvalue weighted by Crippen LogP contribution is 2.37. The van der Waals surface area contributed by atoms with E-state index in [9.17, 15) is 29.7 Å². The Morgan fingerprint density at radius 2 is 2.04 bits per heavy atom. The quantitative estimate of drug-likeness (QED) is 0.473. The first-order valence-corrected chi connectivity index (χ1v) is 10.1. The van der Waals surface area contributed by atoms with E-state index < -0.39 is 53.6 Å². The van der Waals surface area contributed by atoms with Crippen LogP contribution in [0, 0.1) is 11.3 Å². The average molecular weight is 392 g/mol. The zero-order valence-corrected chi connectivity index (χ0v) is 15.4. The minimum Gasteiger partial charge on any atom is -0.505 e. The maximum absolute atomic E-state index is 12.3. The fourth-order valence-corrected chi connectivity index (χ4v) is 5.18. The van der Waals surface area contributed by atoms with Crippen molar-refractivity contribution in [2.75, 3.05) is 18.1 Å². The number of Topliss-reactive ketones (excluding diaryl/α,β-unsaturated/α-hetero) is 1. The van der Waals surface area contributed by atoms with Crippen molar-refractivity contribution in [3.8, 4) is 0 Å². The molecule has 3 unspecified atom stereocenters. The van der Waals surface area contributed by atoms with E-state index in [4.69, 9.17) is 4.74 Å². The van der Waals surface area contributed by atoms with Gasteiger partial charge in [0, 0.05) is 23.3 Å². The summed E-state index contributed by atoms with van der Waals surface area (Å²) in [5, 5.41) is 28.6. The van der Waals surface area contributed by atoms with Gasteiger partial charge in [0.2, 0.25) is 5.76 Å². The summed E-state index contributed by atoms with van der Waals surface area (Å²) in [6.07, 6.45) is -2.96. The van der Waals surface area contributed by atoms with Crippen LogP contribution in [0.25, 0.3) is 0 Å². The van der Waals surface area contributed by atoms with Gasteiger partial charge < -0.3 is 24.8 Å². The first-order chi connectivity index (χ1) is 11.6. The Labute approximate surface area is 152 Å². The van der Waals surface area contributed by atoms with E-state index in [0.29, 0.717) is 11.5 Å². The van der Waals surface area contributed by atoms with Crippen molar-refractivity contribution in [2.24, 2.45) is 11.3 Å². The fraction of sp³-hybridized carbons (Fsp3) is 0.667. The van der Waals surface area contributed by atoms with Crippen LogP contribution in [0.15, 0.2) is 11.5 Å². The van der Waals surface area contributed by atoms with Crippen molar-refractivity contribution < 1.29 is 39.2 Å². The first kappa shape index (κ1) is 19.9. The van der Waals surface area contributed by atoms with Gasteiger partial charge in [-0.3, -0.25) is 9.59 Å². The average Bonchev–Trinajstić information content (AvgIpc) is 2.81. The van der Waals surface area contributed by atoms with Crippen molar-refractivity contribution in [3.63, 3.8) is 0 Å². The Morgan fingerprint density at radius 1 is 1.36 bits per heavy atom. The molecule has 0 aliphatic carbocycles. The number of rotatable bonds is 4. The molecule has 3 atom stereocenters. The lowest BCUT2D eigenvalue weighted by Gasteiger charge is -2.27. The highest BCUT2D eigenvalue weighted by molar-refractivity contribution is 8.76. The Balaban J connectivity index is 1.91. The smallest absolute Gasteiger partial charge is 0.377 e. The van der Waals surface area contributed by atoms with E-state index >= 15 is 0 Å². The molecule has 2 rings (SSSR count). The van der Waals surface area contributed by atoms with E-state index in [2.05, 4.69) is 4.74 Å². The van der Waals surface area contributed by atoms with Crippen molar-refractivity contribution in [1.82, 2.24) is 0 Å². The molecule has 25 heavy (non-hydrogen) atoms. The molecule has 0 radical (unpaired) electrons. The van der Waals surface area contributed by atoms with Gasteiger partial charge in [0.05, 0.1) is 5.92 Å². The van der Waals surface area contributed by atoms with E-state index in [1.54, 1.807) is 0 Å². The molecule has 0 aromatic heterocycles. The Morgan fingerprint density at radius 3 is 2.64 bits per heavy atom. The Kier molecular flexibility index (Phi) is 6.28. The molecule has 10 heteroatoms. The van der Waals surface area contributed by atoms with Gasteiger partial charge >= 0.3 is 11.9 Å². The van der Waals surface area contributed by atoms with Crippen LogP contribution in [0.2, 0.25) is 0 Å². The second-order valence-electron chi connectivity index (χ2n) is 6.51. The van der Waals surface area contributed by atoms with Crippen LogP contribution in [0.1, 0.15) is 20.3 Å². The van der Waals surface area contributed by atoms with Gasteiger partial charge in [-0.05, 0) is 0 Å². The van der Waals surface area contributed by atoms with Crippen LogP contribution in [-0.2, 0) is 23.9 Å². The van der Waals surface area contributed by atoms with Crippen molar-refractivity contribution in [3.05, 3.63) is 11.5 Å². The molecule has 0 saturated carbocycles. The van der Waals surface area contributed by atoms with Gasteiger partial charge in [0.25, 0.3) is 0 Å². The zero-order chi connectivity index (χ0) is 18.8. The van der Waals surface area contributed by atoms with E-state index in [-0.39, 0.29) is 12.2 Å². The predicted octanol–water partition coefficient (Wildman–Crippen LogP) is 1.14. The molecule has 1 fully saturated rings. The lowest BCUT2D eigenvalue weighted by Crippen LogP contribution is -2.37. The summed E-state index contributed by atoms with van der Waals surface area (Å²) >= 11 is 0. The van der Waals surface area contributed by atoms with Gasteiger partial charge in [0.1, 0.15) is 18.5 Å². The molecule has 0 amide bonds. The van der Waals surface area contributed by atoms with E-state index in [0.717, 1.165) is 0 Å². The first-order valence-electron chi connectivity index (χ1n) is 7.59. The third kappa shape index (κ3) is 4.62. The third-order valence-corrected chi connectivity index (χ3v) is 6.78. The van der Waals surface area contributed by atoms with E-state index in [1.807, 2.05) is 13.8 Å². The summed E-state index contributed by atoms with van der Waals surface area (Å²) in [4.78, 5) is 35.6. The minimum absolute atomic E-state index is 0.0296. The third-order valence-electron chi connectivity index (χ3n) is 3.98. The molecule has 1 saturated heterocycles. The van der Waals surface area contributed by atoms with Crippen LogP contribution >= 0.6 is 21.6 Å². The number of carbonyl (C=O) groups is 3. The molecule has 2 aliphatic heterocycles. The fourth-order valence-electron chi connectivity index (χ4n) is 2.21. The van der Waals surface area contributed by atoms with E-state index in [1.165, 1.54) is 21.6 Å². The number of aliphatic hydroxyl groups is 3. The molecular formula is C15H20O8S2. The molecule has 3 N–H and O–H groups in total. The Hall–Kier alpha value is -1.39. The summed E-state index contributed by atoms with van der Waals surface area (Å²) < 4.78 is 9.61. The van der Waals surface area contributed by atoms with Gasteiger partial charge in [0.15, 0.2) is 11.9 Å². The number of aliphatic hydroxyl groups excluding tert-OH is 3. The van der Waals surface area contributed by atoms with Gasteiger partial charge in [-0.25, -0.2) is 4.79 Å². The highest BCUT2D eigenvalue weighted by Gasteiger charge is 2.40. The molecule has 0 aromatic carbocycles. The van der Waals surface area contributed by atoms with Gasteiger partial charge in [-0.1, -0.05) is 35.4 Å². The number of hydrogen-bond acceptors (Lipinski definition) is 10. The molecule has 0 spiro atoms. The number of carbonyl (C=O) groups excluding carboxylic acids is 3. The van der Waals surface area contributed by atoms with Crippen LogP contribution in [0.4, 0.5) is 0 Å². The minimum atomic E-state index is -1.53. The largest absolute Gasteiger partial charge is 0.505 e. The lowest BCUT2D eigenvalue weighted by molar-refractivity contribution is -0.158. The summed E-state index contributed by atoms with van der Waals surface area (Å²) in [5.41, 5.74) is -0.526.